The van der Waals surface area contributed by atoms with Crippen LogP contribution in [0.2, 0.25) is 0 Å². The van der Waals surface area contributed by atoms with Crippen LogP contribution >= 0.6 is 7.82 Å². The second-order valence-electron chi connectivity index (χ2n) is 27.7. The standard InChI is InChI=1S/C83H150NO8P/c1-6-8-10-12-14-16-18-20-22-24-26-28-30-32-34-36-38-39-40-41-42-43-44-45-46-48-50-52-54-56-58-60-62-64-66-68-70-72-74-76-83(86)92-81(80-91-93(87,88)90-78-77-84(3,4)5)79-89-82(85)75-73-71-69-67-65-63-61-59-57-55-53-51-49-47-37-35-33-31-29-27-25-23-21-19-17-15-13-11-9-7-2/h8,10,14,16,20,22,26,28,32,34,38-39,41-42,44-45,81H,6-7,9,11-13,15,17-19,21,23-25,27,29-31,33,35-37,40,43,46-80H2,1-5H3/b10-8-,16-14-,22-20-,28-26-,34-32-,39-38-,42-41-,45-44-. The Hall–Kier alpha value is -3.07. The quantitative estimate of drug-likeness (QED) is 0.0195. The smallest absolute Gasteiger partial charge is 0.306 e. The highest BCUT2D eigenvalue weighted by molar-refractivity contribution is 7.45. The minimum atomic E-state index is -4.65. The van der Waals surface area contributed by atoms with Crippen molar-refractivity contribution in [1.82, 2.24) is 0 Å². The predicted molar refractivity (Wildman–Crippen MR) is 402 cm³/mol. The van der Waals surface area contributed by atoms with Crippen LogP contribution in [0, 0.1) is 0 Å². The number of likely N-dealkylation sites (N-methyl/N-ethyl adjacent to an activating group) is 1. The molecule has 10 heteroatoms. The Bertz CT molecular complexity index is 1890. The number of hydrogen-bond donors (Lipinski definition) is 0. The normalized spacial score (nSPS) is 13.6. The maximum Gasteiger partial charge on any atom is 0.306 e. The SMILES string of the molecule is CC/C=C\C/C=C\C/C=C\C/C=C\C/C=C\C/C=C\C/C=C\C/C=C\CCCCCCCCCCCCCCCCC(=O)OC(COC(=O)CCCCCCCCCCCCCCCCCCCCCCCCCCCCCCCC)COP(=O)([O-])OCC[N+](C)(C)C. The van der Waals surface area contributed by atoms with Crippen LogP contribution in [0.4, 0.5) is 0 Å². The van der Waals surface area contributed by atoms with Crippen molar-refractivity contribution in [3.8, 4) is 0 Å². The molecule has 0 amide bonds. The molecule has 2 unspecified atom stereocenters. The first-order valence-corrected chi connectivity index (χ1v) is 40.9. The van der Waals surface area contributed by atoms with E-state index in [-0.39, 0.29) is 32.0 Å². The summed E-state index contributed by atoms with van der Waals surface area (Å²) < 4.78 is 34.4. The van der Waals surface area contributed by atoms with E-state index in [2.05, 4.69) is 111 Å². The first-order valence-electron chi connectivity index (χ1n) is 39.4. The number of esters is 2. The number of allylic oxidation sites excluding steroid dienone is 16. The van der Waals surface area contributed by atoms with Gasteiger partial charge in [0.05, 0.1) is 27.7 Å². The predicted octanol–water partition coefficient (Wildman–Crippen LogP) is 25.6. The molecule has 9 nitrogen and oxygen atoms in total. The van der Waals surface area contributed by atoms with Crippen LogP contribution in [-0.2, 0) is 32.7 Å². The van der Waals surface area contributed by atoms with E-state index in [0.29, 0.717) is 17.4 Å². The lowest BCUT2D eigenvalue weighted by atomic mass is 10.0. The minimum absolute atomic E-state index is 0.0315. The molecule has 0 aliphatic heterocycles. The third kappa shape index (κ3) is 77.8. The Morgan fingerprint density at radius 3 is 0.914 bits per heavy atom. The third-order valence-electron chi connectivity index (χ3n) is 17.4. The van der Waals surface area contributed by atoms with Crippen LogP contribution < -0.4 is 4.89 Å². The van der Waals surface area contributed by atoms with E-state index >= 15 is 0 Å². The number of ether oxygens (including phenoxy) is 2. The molecule has 0 rings (SSSR count). The van der Waals surface area contributed by atoms with Gasteiger partial charge in [0, 0.05) is 12.8 Å². The molecule has 0 aromatic heterocycles. The summed E-state index contributed by atoms with van der Waals surface area (Å²) in [5.74, 6) is -0.819. The molecule has 0 saturated carbocycles. The van der Waals surface area contributed by atoms with Crippen LogP contribution in [-0.4, -0.2) is 70.0 Å². The number of phosphoric ester groups is 1. The van der Waals surface area contributed by atoms with Gasteiger partial charge >= 0.3 is 11.9 Å². The molecule has 540 valence electrons. The van der Waals surface area contributed by atoms with E-state index in [1.54, 1.807) is 0 Å². The molecule has 93 heavy (non-hydrogen) atoms. The number of carbonyl (C=O) groups is 2. The first kappa shape index (κ1) is 89.9. The lowest BCUT2D eigenvalue weighted by Gasteiger charge is -2.28. The molecular weight excluding hydrogens is 1170 g/mol. The van der Waals surface area contributed by atoms with E-state index in [1.165, 1.54) is 244 Å². The number of quaternary nitrogens is 1. The van der Waals surface area contributed by atoms with E-state index in [4.69, 9.17) is 18.5 Å². The van der Waals surface area contributed by atoms with Crippen molar-refractivity contribution in [3.05, 3.63) is 97.2 Å². The number of nitrogens with zero attached hydrogens (tertiary/aromatic N) is 1. The highest BCUT2D eigenvalue weighted by atomic mass is 31.2. The molecule has 0 radical (unpaired) electrons. The lowest BCUT2D eigenvalue weighted by Crippen LogP contribution is -2.37. The van der Waals surface area contributed by atoms with Gasteiger partial charge in [0.1, 0.15) is 19.8 Å². The number of carbonyl (C=O) groups excluding carboxylic acids is 2. The molecule has 0 aliphatic rings. The Morgan fingerprint density at radius 1 is 0.344 bits per heavy atom. The molecule has 0 N–H and O–H groups in total. The largest absolute Gasteiger partial charge is 0.756 e. The number of unbranched alkanes of at least 4 members (excludes halogenated alkanes) is 43. The average Bonchev–Trinajstić information content (AvgIpc) is 2.01. The van der Waals surface area contributed by atoms with Gasteiger partial charge < -0.3 is 27.9 Å². The Labute approximate surface area is 576 Å². The minimum Gasteiger partial charge on any atom is -0.756 e. The van der Waals surface area contributed by atoms with Gasteiger partial charge in [-0.2, -0.15) is 0 Å². The van der Waals surface area contributed by atoms with Gasteiger partial charge in [-0.25, -0.2) is 0 Å². The van der Waals surface area contributed by atoms with Gasteiger partial charge in [-0.1, -0.05) is 374 Å². The summed E-state index contributed by atoms with van der Waals surface area (Å²) in [4.78, 5) is 38.2. The number of rotatable bonds is 73. The average molecular weight is 1320 g/mol. The van der Waals surface area contributed by atoms with Crippen molar-refractivity contribution >= 4 is 19.8 Å². The number of phosphoric acid groups is 1. The molecule has 0 spiro atoms. The van der Waals surface area contributed by atoms with Crippen LogP contribution in [0.15, 0.2) is 97.2 Å². The molecule has 0 fully saturated rings. The van der Waals surface area contributed by atoms with E-state index in [0.717, 1.165) is 89.9 Å². The molecular formula is C83H150NO8P. The summed E-state index contributed by atoms with van der Waals surface area (Å²) in [5, 5.41) is 0. The van der Waals surface area contributed by atoms with Gasteiger partial charge in [-0.05, 0) is 77.0 Å². The van der Waals surface area contributed by atoms with Crippen LogP contribution in [0.25, 0.3) is 0 Å². The van der Waals surface area contributed by atoms with Gasteiger partial charge in [-0.3, -0.25) is 14.2 Å². The van der Waals surface area contributed by atoms with Gasteiger partial charge in [0.15, 0.2) is 6.10 Å². The van der Waals surface area contributed by atoms with Crippen molar-refractivity contribution in [3.63, 3.8) is 0 Å². The monoisotopic (exact) mass is 1320 g/mol. The molecule has 0 bridgehead atoms. The van der Waals surface area contributed by atoms with Crippen molar-refractivity contribution in [2.75, 3.05) is 47.5 Å². The fraction of sp³-hybridized carbons (Fsp3) is 0.783. The maximum absolute atomic E-state index is 12.9. The fourth-order valence-corrected chi connectivity index (χ4v) is 12.1. The molecule has 2 atom stereocenters. The molecule has 0 aliphatic carbocycles. The zero-order chi connectivity index (χ0) is 67.6. The van der Waals surface area contributed by atoms with Crippen molar-refractivity contribution < 1.29 is 42.1 Å². The van der Waals surface area contributed by atoms with E-state index in [9.17, 15) is 19.0 Å². The van der Waals surface area contributed by atoms with E-state index in [1.807, 2.05) is 21.1 Å². The summed E-state index contributed by atoms with van der Waals surface area (Å²) >= 11 is 0. The highest BCUT2D eigenvalue weighted by Crippen LogP contribution is 2.38. The molecule has 0 aromatic carbocycles. The topological polar surface area (TPSA) is 111 Å². The second-order valence-corrected chi connectivity index (χ2v) is 29.1. The number of hydrogen-bond acceptors (Lipinski definition) is 8. The lowest BCUT2D eigenvalue weighted by molar-refractivity contribution is -0.870. The highest BCUT2D eigenvalue weighted by Gasteiger charge is 2.22. The van der Waals surface area contributed by atoms with Gasteiger partial charge in [0.25, 0.3) is 7.82 Å². The fourth-order valence-electron chi connectivity index (χ4n) is 11.4. The van der Waals surface area contributed by atoms with E-state index < -0.39 is 26.5 Å². The zero-order valence-electron chi connectivity index (χ0n) is 61.7. The summed E-state index contributed by atoms with van der Waals surface area (Å²) in [6, 6.07) is 0. The Morgan fingerprint density at radius 2 is 0.613 bits per heavy atom. The Balaban J connectivity index is 3.98. The summed E-state index contributed by atoms with van der Waals surface area (Å²) in [6.07, 6.45) is 102. The Kier molecular flexibility index (Phi) is 70.8. The molecule has 0 heterocycles. The zero-order valence-corrected chi connectivity index (χ0v) is 62.6. The summed E-state index contributed by atoms with van der Waals surface area (Å²) in [7, 11) is 1.18. The summed E-state index contributed by atoms with van der Waals surface area (Å²) in [5.41, 5.74) is 0. The second kappa shape index (κ2) is 73.2. The third-order valence-corrected chi connectivity index (χ3v) is 18.3. The molecule has 0 aromatic rings. The van der Waals surface area contributed by atoms with Crippen molar-refractivity contribution in [2.24, 2.45) is 0 Å². The van der Waals surface area contributed by atoms with Crippen LogP contribution in [0.3, 0.4) is 0 Å². The van der Waals surface area contributed by atoms with Gasteiger partial charge in [0.2, 0.25) is 0 Å². The maximum atomic E-state index is 12.9. The first-order chi connectivity index (χ1) is 45.5. The van der Waals surface area contributed by atoms with Crippen molar-refractivity contribution in [1.29, 1.82) is 0 Å². The van der Waals surface area contributed by atoms with Crippen LogP contribution in [0.5, 0.6) is 0 Å². The van der Waals surface area contributed by atoms with Crippen molar-refractivity contribution in [2.45, 2.75) is 373 Å². The molecule has 0 saturated heterocycles. The van der Waals surface area contributed by atoms with Crippen LogP contribution in [0.1, 0.15) is 367 Å². The van der Waals surface area contributed by atoms with Gasteiger partial charge in [-0.15, -0.1) is 0 Å². The summed E-state index contributed by atoms with van der Waals surface area (Å²) in [6.45, 7) is 4.18.